The SMILES string of the molecule is NC(=O)c1ncn(C2C[C@H](O)C(COC(=O)OCCCOC3OC(CO)C(O)C(O)C3O)O2)n1. The Morgan fingerprint density at radius 3 is 2.53 bits per heavy atom. The van der Waals surface area contributed by atoms with E-state index in [0.29, 0.717) is 0 Å². The predicted molar refractivity (Wildman–Crippen MR) is 105 cm³/mol. The van der Waals surface area contributed by atoms with E-state index in [2.05, 4.69) is 10.1 Å². The van der Waals surface area contributed by atoms with Crippen LogP contribution in [0, 0.1) is 0 Å². The highest BCUT2D eigenvalue weighted by molar-refractivity contribution is 5.88. The van der Waals surface area contributed by atoms with Crippen LogP contribution in [0.4, 0.5) is 4.79 Å². The highest BCUT2D eigenvalue weighted by Gasteiger charge is 2.44. The fraction of sp³-hybridized carbons (Fsp3) is 0.778. The molecule has 0 spiro atoms. The second-order valence-electron chi connectivity index (χ2n) is 7.68. The number of hydrogen-bond donors (Lipinski definition) is 6. The molecule has 0 radical (unpaired) electrons. The fourth-order valence-electron chi connectivity index (χ4n) is 3.36. The summed E-state index contributed by atoms with van der Waals surface area (Å²) in [5.74, 6) is -1.00. The van der Waals surface area contributed by atoms with Crippen LogP contribution in [-0.4, -0.2) is 122 Å². The van der Waals surface area contributed by atoms with E-state index in [9.17, 15) is 30.0 Å². The molecule has 0 bridgehead atoms. The Morgan fingerprint density at radius 1 is 1.09 bits per heavy atom. The van der Waals surface area contributed by atoms with Gasteiger partial charge in [-0.15, -0.1) is 5.10 Å². The minimum atomic E-state index is -1.55. The molecule has 192 valence electrons. The normalized spacial score (nSPS) is 33.6. The van der Waals surface area contributed by atoms with Crippen molar-refractivity contribution in [2.75, 3.05) is 26.4 Å². The van der Waals surface area contributed by atoms with E-state index < -0.39 is 67.8 Å². The average molecular weight is 492 g/mol. The van der Waals surface area contributed by atoms with Crippen LogP contribution in [0.2, 0.25) is 0 Å². The van der Waals surface area contributed by atoms with Crippen LogP contribution in [0.15, 0.2) is 6.33 Å². The van der Waals surface area contributed by atoms with E-state index in [4.69, 9.17) is 34.5 Å². The molecule has 16 heteroatoms. The number of amides is 1. The van der Waals surface area contributed by atoms with Crippen molar-refractivity contribution in [1.82, 2.24) is 14.8 Å². The maximum Gasteiger partial charge on any atom is 0.508 e. The number of carbonyl (C=O) groups excluding carboxylic acids is 2. The summed E-state index contributed by atoms with van der Waals surface area (Å²) in [5.41, 5.74) is 5.09. The summed E-state index contributed by atoms with van der Waals surface area (Å²) >= 11 is 0. The van der Waals surface area contributed by atoms with Crippen LogP contribution in [-0.2, 0) is 23.7 Å². The van der Waals surface area contributed by atoms with Gasteiger partial charge in [-0.05, 0) is 0 Å². The topological polar surface area (TPSA) is 238 Å². The van der Waals surface area contributed by atoms with Gasteiger partial charge >= 0.3 is 6.16 Å². The minimum Gasteiger partial charge on any atom is -0.434 e. The molecule has 3 heterocycles. The molecule has 7 unspecified atom stereocenters. The first kappa shape index (κ1) is 26.2. The third-order valence-corrected chi connectivity index (χ3v) is 5.23. The molecule has 1 aromatic heterocycles. The average Bonchev–Trinajstić information content (AvgIpc) is 3.44. The van der Waals surface area contributed by atoms with Gasteiger partial charge in [-0.2, -0.15) is 0 Å². The van der Waals surface area contributed by atoms with Gasteiger partial charge in [0.2, 0.25) is 5.82 Å². The summed E-state index contributed by atoms with van der Waals surface area (Å²) in [7, 11) is 0. The Morgan fingerprint density at radius 2 is 1.85 bits per heavy atom. The second-order valence-corrected chi connectivity index (χ2v) is 7.68. The molecule has 7 N–H and O–H groups in total. The summed E-state index contributed by atoms with van der Waals surface area (Å²) < 4.78 is 27.1. The number of nitrogens with zero attached hydrogens (tertiary/aromatic N) is 3. The van der Waals surface area contributed by atoms with Gasteiger partial charge in [0.05, 0.1) is 25.9 Å². The number of rotatable bonds is 10. The van der Waals surface area contributed by atoms with E-state index in [-0.39, 0.29) is 38.5 Å². The molecular formula is C18H28N4O12. The van der Waals surface area contributed by atoms with Gasteiger partial charge < -0.3 is 55.0 Å². The maximum absolute atomic E-state index is 11.8. The number of primary amides is 1. The molecule has 8 atom stereocenters. The molecule has 0 aromatic carbocycles. The van der Waals surface area contributed by atoms with Gasteiger partial charge in [-0.1, -0.05) is 0 Å². The van der Waals surface area contributed by atoms with Crippen molar-refractivity contribution in [2.45, 2.75) is 62.0 Å². The lowest BCUT2D eigenvalue weighted by molar-refractivity contribution is -0.301. The monoisotopic (exact) mass is 492 g/mol. The van der Waals surface area contributed by atoms with E-state index >= 15 is 0 Å². The smallest absolute Gasteiger partial charge is 0.434 e. The molecule has 34 heavy (non-hydrogen) atoms. The van der Waals surface area contributed by atoms with Crippen LogP contribution < -0.4 is 5.73 Å². The molecule has 16 nitrogen and oxygen atoms in total. The Labute approximate surface area is 192 Å². The zero-order valence-corrected chi connectivity index (χ0v) is 18.0. The first-order valence-electron chi connectivity index (χ1n) is 10.5. The number of carbonyl (C=O) groups is 2. The first-order valence-corrected chi connectivity index (χ1v) is 10.5. The predicted octanol–water partition coefficient (Wildman–Crippen LogP) is -3.61. The van der Waals surface area contributed by atoms with Gasteiger partial charge in [-0.3, -0.25) is 4.79 Å². The molecule has 2 fully saturated rings. The molecule has 2 saturated heterocycles. The van der Waals surface area contributed by atoms with Crippen LogP contribution >= 0.6 is 0 Å². The Bertz CT molecular complexity index is 823. The van der Waals surface area contributed by atoms with Crippen molar-refractivity contribution in [1.29, 1.82) is 0 Å². The summed E-state index contributed by atoms with van der Waals surface area (Å²) in [5, 5.41) is 52.4. The van der Waals surface area contributed by atoms with Crippen molar-refractivity contribution in [3.8, 4) is 0 Å². The third kappa shape index (κ3) is 6.36. The van der Waals surface area contributed by atoms with Crippen LogP contribution in [0.1, 0.15) is 29.7 Å². The Hall–Kier alpha value is -2.44. The number of aromatic nitrogens is 3. The highest BCUT2D eigenvalue weighted by Crippen LogP contribution is 2.28. The number of hydrogen-bond acceptors (Lipinski definition) is 14. The number of nitrogens with two attached hydrogens (primary N) is 1. The molecule has 0 aliphatic carbocycles. The van der Waals surface area contributed by atoms with Crippen LogP contribution in [0.25, 0.3) is 0 Å². The summed E-state index contributed by atoms with van der Waals surface area (Å²) in [6.07, 6.45) is -8.93. The van der Waals surface area contributed by atoms with Crippen molar-refractivity contribution in [3.63, 3.8) is 0 Å². The highest BCUT2D eigenvalue weighted by atomic mass is 16.7. The third-order valence-electron chi connectivity index (χ3n) is 5.23. The summed E-state index contributed by atoms with van der Waals surface area (Å²) in [6, 6.07) is 0. The van der Waals surface area contributed by atoms with Gasteiger partial charge in [0, 0.05) is 12.8 Å². The molecular weight excluding hydrogens is 464 g/mol. The zero-order chi connectivity index (χ0) is 24.8. The molecule has 2 aliphatic rings. The number of aliphatic hydroxyl groups excluding tert-OH is 5. The molecule has 3 rings (SSSR count). The molecule has 1 amide bonds. The lowest BCUT2D eigenvalue weighted by Crippen LogP contribution is -2.59. The van der Waals surface area contributed by atoms with Crippen molar-refractivity contribution < 1.29 is 58.8 Å². The van der Waals surface area contributed by atoms with Gasteiger partial charge in [0.15, 0.2) is 12.5 Å². The van der Waals surface area contributed by atoms with Gasteiger partial charge in [0.25, 0.3) is 5.91 Å². The van der Waals surface area contributed by atoms with Crippen molar-refractivity contribution >= 4 is 12.1 Å². The quantitative estimate of drug-likeness (QED) is 0.137. The van der Waals surface area contributed by atoms with Crippen LogP contribution in [0.3, 0.4) is 0 Å². The summed E-state index contributed by atoms with van der Waals surface area (Å²) in [6.45, 7) is -1.02. The molecule has 2 aliphatic heterocycles. The Balaban J connectivity index is 1.31. The van der Waals surface area contributed by atoms with Crippen molar-refractivity contribution in [2.24, 2.45) is 5.73 Å². The zero-order valence-electron chi connectivity index (χ0n) is 18.0. The largest absolute Gasteiger partial charge is 0.508 e. The van der Waals surface area contributed by atoms with Crippen LogP contribution in [0.5, 0.6) is 0 Å². The fourth-order valence-corrected chi connectivity index (χ4v) is 3.36. The summed E-state index contributed by atoms with van der Waals surface area (Å²) in [4.78, 5) is 26.6. The van der Waals surface area contributed by atoms with E-state index in [1.165, 1.54) is 11.0 Å². The van der Waals surface area contributed by atoms with E-state index in [0.717, 1.165) is 0 Å². The lowest BCUT2D eigenvalue weighted by Gasteiger charge is -2.39. The second kappa shape index (κ2) is 11.8. The molecule has 1 aromatic rings. The molecule has 0 saturated carbocycles. The standard InChI is InChI=1S/C18H28N4O12/c19-15(28)16-20-7-22(21-16)11-4-8(24)10(33-11)6-32-18(29)31-3-1-2-30-17-14(27)13(26)12(25)9(5-23)34-17/h7-14,17,23-27H,1-6H2,(H2,19,28)/t8-,9?,10?,11?,12?,13?,14?,17?/m0/s1. The van der Waals surface area contributed by atoms with Gasteiger partial charge in [-0.25, -0.2) is 14.5 Å². The van der Waals surface area contributed by atoms with Crippen molar-refractivity contribution in [3.05, 3.63) is 12.2 Å². The lowest BCUT2D eigenvalue weighted by atomic mass is 9.99. The number of ether oxygens (including phenoxy) is 5. The maximum atomic E-state index is 11.8. The van der Waals surface area contributed by atoms with E-state index in [1.54, 1.807) is 0 Å². The number of aliphatic hydroxyl groups is 5. The Kier molecular flexibility index (Phi) is 9.09. The van der Waals surface area contributed by atoms with E-state index in [1.807, 2.05) is 0 Å². The minimum absolute atomic E-state index is 0.0344. The first-order chi connectivity index (χ1) is 16.2. The van der Waals surface area contributed by atoms with Gasteiger partial charge in [0.1, 0.15) is 43.5 Å².